The minimum atomic E-state index is -1.05. The molecule has 0 aliphatic heterocycles. The van der Waals surface area contributed by atoms with Gasteiger partial charge in [0.1, 0.15) is 5.54 Å². The molecule has 0 radical (unpaired) electrons. The fourth-order valence-electron chi connectivity index (χ4n) is 1.82. The Labute approximate surface area is 117 Å². The second kappa shape index (κ2) is 5.63. The van der Waals surface area contributed by atoms with E-state index in [0.717, 1.165) is 5.56 Å². The molecule has 1 fully saturated rings. The number of hydrogen-bond donors (Lipinski definition) is 2. The van der Waals surface area contributed by atoms with Gasteiger partial charge in [-0.3, -0.25) is 4.79 Å². The molecule has 2 N–H and O–H groups in total. The maximum atomic E-state index is 12.0. The number of carboxylic acids is 1. The van der Waals surface area contributed by atoms with Crippen LogP contribution >= 0.6 is 0 Å². The lowest BCUT2D eigenvalue weighted by molar-refractivity contribution is -0.140. The molecule has 2 rings (SSSR count). The molecular formula is C15H19NO4. The Balaban J connectivity index is 1.96. The van der Waals surface area contributed by atoms with Crippen LogP contribution in [-0.2, 0) is 16.1 Å². The third kappa shape index (κ3) is 3.36. The van der Waals surface area contributed by atoms with Crippen molar-refractivity contribution in [3.63, 3.8) is 0 Å². The first-order valence-corrected chi connectivity index (χ1v) is 6.69. The summed E-state index contributed by atoms with van der Waals surface area (Å²) in [6, 6.07) is 7.01. The summed E-state index contributed by atoms with van der Waals surface area (Å²) < 4.78 is 5.47. The Hall–Kier alpha value is -1.88. The van der Waals surface area contributed by atoms with Gasteiger partial charge in [0.25, 0.3) is 5.91 Å². The van der Waals surface area contributed by atoms with E-state index in [0.29, 0.717) is 25.0 Å². The molecule has 0 saturated heterocycles. The highest BCUT2D eigenvalue weighted by Gasteiger charge is 2.51. The molecule has 0 heterocycles. The number of nitrogens with one attached hydrogen (secondary N) is 1. The molecule has 0 unspecified atom stereocenters. The Morgan fingerprint density at radius 2 is 1.90 bits per heavy atom. The molecule has 20 heavy (non-hydrogen) atoms. The van der Waals surface area contributed by atoms with Crippen LogP contribution in [0.5, 0.6) is 0 Å². The zero-order chi connectivity index (χ0) is 14.8. The summed E-state index contributed by atoms with van der Waals surface area (Å²) in [7, 11) is 0. The summed E-state index contributed by atoms with van der Waals surface area (Å²) in [5.74, 6) is -1.31. The van der Waals surface area contributed by atoms with Crippen molar-refractivity contribution in [2.45, 2.75) is 44.9 Å². The molecule has 0 aromatic heterocycles. The third-order valence-electron chi connectivity index (χ3n) is 3.31. The predicted octanol–water partition coefficient (Wildman–Crippen LogP) is 1.96. The molecule has 1 aliphatic carbocycles. The highest BCUT2D eigenvalue weighted by atomic mass is 16.5. The number of carboxylic acid groups (broad SMARTS) is 1. The van der Waals surface area contributed by atoms with Crippen LogP contribution < -0.4 is 5.32 Å². The Bertz CT molecular complexity index is 503. The number of carbonyl (C=O) groups is 2. The Kier molecular flexibility index (Phi) is 4.09. The lowest BCUT2D eigenvalue weighted by Crippen LogP contribution is -2.43. The van der Waals surface area contributed by atoms with Gasteiger partial charge in [-0.2, -0.15) is 0 Å². The quantitative estimate of drug-likeness (QED) is 0.833. The van der Waals surface area contributed by atoms with E-state index in [9.17, 15) is 9.59 Å². The number of aliphatic carboxylic acids is 1. The zero-order valence-corrected chi connectivity index (χ0v) is 11.7. The summed E-state index contributed by atoms with van der Waals surface area (Å²) in [4.78, 5) is 23.0. The smallest absolute Gasteiger partial charge is 0.329 e. The van der Waals surface area contributed by atoms with Gasteiger partial charge in [-0.1, -0.05) is 12.1 Å². The first-order chi connectivity index (χ1) is 9.43. The summed E-state index contributed by atoms with van der Waals surface area (Å²) in [6.07, 6.45) is 1.14. The molecule has 0 bridgehead atoms. The van der Waals surface area contributed by atoms with E-state index in [-0.39, 0.29) is 12.0 Å². The number of ether oxygens (including phenoxy) is 1. The van der Waals surface area contributed by atoms with E-state index in [4.69, 9.17) is 9.84 Å². The molecular weight excluding hydrogens is 258 g/mol. The van der Waals surface area contributed by atoms with Crippen LogP contribution in [0.4, 0.5) is 0 Å². The van der Waals surface area contributed by atoms with Crippen molar-refractivity contribution in [1.82, 2.24) is 5.32 Å². The summed E-state index contributed by atoms with van der Waals surface area (Å²) in [6.45, 7) is 4.42. The maximum absolute atomic E-state index is 12.0. The number of rotatable bonds is 6. The van der Waals surface area contributed by atoms with Gasteiger partial charge in [0.2, 0.25) is 0 Å². The minimum Gasteiger partial charge on any atom is -0.480 e. The normalized spacial score (nSPS) is 15.9. The van der Waals surface area contributed by atoms with Crippen LogP contribution in [0.25, 0.3) is 0 Å². The van der Waals surface area contributed by atoms with Gasteiger partial charge in [0, 0.05) is 5.56 Å². The van der Waals surface area contributed by atoms with Gasteiger partial charge in [-0.15, -0.1) is 0 Å². The van der Waals surface area contributed by atoms with E-state index in [1.54, 1.807) is 12.1 Å². The van der Waals surface area contributed by atoms with Gasteiger partial charge in [-0.05, 0) is 44.4 Å². The van der Waals surface area contributed by atoms with Gasteiger partial charge >= 0.3 is 5.97 Å². The van der Waals surface area contributed by atoms with Gasteiger partial charge in [0.05, 0.1) is 12.7 Å². The number of amides is 1. The molecule has 0 spiro atoms. The second-order valence-corrected chi connectivity index (χ2v) is 5.40. The molecule has 5 heteroatoms. The monoisotopic (exact) mass is 277 g/mol. The largest absolute Gasteiger partial charge is 0.480 e. The Morgan fingerprint density at radius 1 is 1.30 bits per heavy atom. The molecule has 1 aliphatic rings. The average Bonchev–Trinajstić information content (AvgIpc) is 3.18. The van der Waals surface area contributed by atoms with Crippen molar-refractivity contribution in [3.8, 4) is 0 Å². The van der Waals surface area contributed by atoms with Crippen molar-refractivity contribution in [2.75, 3.05) is 0 Å². The Morgan fingerprint density at radius 3 is 2.35 bits per heavy atom. The summed E-state index contributed by atoms with van der Waals surface area (Å²) in [5.41, 5.74) is 0.400. The SMILES string of the molecule is CC(C)OCc1ccc(C(=O)NC2(C(=O)O)CC2)cc1. The summed E-state index contributed by atoms with van der Waals surface area (Å²) in [5, 5.41) is 11.6. The van der Waals surface area contributed by atoms with E-state index in [1.807, 2.05) is 26.0 Å². The van der Waals surface area contributed by atoms with E-state index in [1.165, 1.54) is 0 Å². The van der Waals surface area contributed by atoms with Crippen LogP contribution in [0.2, 0.25) is 0 Å². The van der Waals surface area contributed by atoms with Gasteiger partial charge in [-0.25, -0.2) is 4.79 Å². The van der Waals surface area contributed by atoms with Crippen LogP contribution in [-0.4, -0.2) is 28.6 Å². The van der Waals surface area contributed by atoms with Crippen molar-refractivity contribution >= 4 is 11.9 Å². The third-order valence-corrected chi connectivity index (χ3v) is 3.31. The van der Waals surface area contributed by atoms with Crippen molar-refractivity contribution in [3.05, 3.63) is 35.4 Å². The van der Waals surface area contributed by atoms with Crippen LogP contribution in [0, 0.1) is 0 Å². The van der Waals surface area contributed by atoms with Crippen LogP contribution in [0.3, 0.4) is 0 Å². The maximum Gasteiger partial charge on any atom is 0.329 e. The summed E-state index contributed by atoms with van der Waals surface area (Å²) >= 11 is 0. The number of carbonyl (C=O) groups excluding carboxylic acids is 1. The van der Waals surface area contributed by atoms with E-state index in [2.05, 4.69) is 5.32 Å². The minimum absolute atomic E-state index is 0.156. The average molecular weight is 277 g/mol. The zero-order valence-electron chi connectivity index (χ0n) is 11.7. The van der Waals surface area contributed by atoms with Crippen LogP contribution in [0.15, 0.2) is 24.3 Å². The number of benzene rings is 1. The fraction of sp³-hybridized carbons (Fsp3) is 0.467. The molecule has 1 aromatic rings. The fourth-order valence-corrected chi connectivity index (χ4v) is 1.82. The molecule has 5 nitrogen and oxygen atoms in total. The molecule has 108 valence electrons. The van der Waals surface area contributed by atoms with Gasteiger partial charge < -0.3 is 15.2 Å². The van der Waals surface area contributed by atoms with E-state index >= 15 is 0 Å². The lowest BCUT2D eigenvalue weighted by Gasteiger charge is -2.13. The molecule has 1 aromatic carbocycles. The lowest BCUT2D eigenvalue weighted by atomic mass is 10.1. The van der Waals surface area contributed by atoms with Crippen molar-refractivity contribution in [2.24, 2.45) is 0 Å². The highest BCUT2D eigenvalue weighted by molar-refractivity contribution is 5.98. The van der Waals surface area contributed by atoms with Crippen molar-refractivity contribution < 1.29 is 19.4 Å². The first-order valence-electron chi connectivity index (χ1n) is 6.69. The first kappa shape index (κ1) is 14.5. The highest BCUT2D eigenvalue weighted by Crippen LogP contribution is 2.35. The standard InChI is InChI=1S/C15H19NO4/c1-10(2)20-9-11-3-5-12(6-4-11)13(17)16-15(7-8-15)14(18)19/h3-6,10H,7-9H2,1-2H3,(H,16,17)(H,18,19). The number of hydrogen-bond acceptors (Lipinski definition) is 3. The predicted molar refractivity (Wildman–Crippen MR) is 73.4 cm³/mol. The second-order valence-electron chi connectivity index (χ2n) is 5.40. The topological polar surface area (TPSA) is 75.6 Å². The van der Waals surface area contributed by atoms with Gasteiger partial charge in [0.15, 0.2) is 0 Å². The molecule has 1 amide bonds. The van der Waals surface area contributed by atoms with Crippen molar-refractivity contribution in [1.29, 1.82) is 0 Å². The van der Waals surface area contributed by atoms with E-state index < -0.39 is 11.5 Å². The molecule has 0 atom stereocenters. The van der Waals surface area contributed by atoms with Crippen LogP contribution in [0.1, 0.15) is 42.6 Å². The molecule has 1 saturated carbocycles.